The van der Waals surface area contributed by atoms with E-state index in [1.54, 1.807) is 28.8 Å². The number of nitrogens with one attached hydrogen (secondary N) is 1. The average molecular weight is 378 g/mol. The number of hydrogen-bond donors (Lipinski definition) is 1. The highest BCUT2D eigenvalue weighted by molar-refractivity contribution is 5.77. The Bertz CT molecular complexity index is 1270. The number of ether oxygens (including phenoxy) is 1. The molecule has 2 aromatic heterocycles. The van der Waals surface area contributed by atoms with E-state index in [1.807, 2.05) is 24.3 Å². The van der Waals surface area contributed by atoms with Crippen LogP contribution in [0.25, 0.3) is 21.9 Å². The molecule has 4 aromatic rings. The zero-order valence-corrected chi connectivity index (χ0v) is 15.0. The predicted molar refractivity (Wildman–Crippen MR) is 104 cm³/mol. The zero-order valence-electron chi connectivity index (χ0n) is 15.0. The normalized spacial score (nSPS) is 11.1. The van der Waals surface area contributed by atoms with Crippen LogP contribution in [0, 0.1) is 0 Å². The number of esters is 1. The van der Waals surface area contributed by atoms with E-state index in [1.165, 1.54) is 10.9 Å². The second kappa shape index (κ2) is 7.51. The highest BCUT2D eigenvalue weighted by atomic mass is 16.5. The van der Waals surface area contributed by atoms with Crippen LogP contribution in [-0.2, 0) is 22.6 Å². The average Bonchev–Trinajstić information content (AvgIpc) is 3.03. The Morgan fingerprint density at radius 1 is 1.07 bits per heavy atom. The molecule has 4 rings (SSSR count). The Morgan fingerprint density at radius 3 is 2.75 bits per heavy atom. The van der Waals surface area contributed by atoms with Crippen LogP contribution in [0.15, 0.2) is 64.4 Å². The lowest BCUT2D eigenvalue weighted by Crippen LogP contribution is -2.26. The summed E-state index contributed by atoms with van der Waals surface area (Å²) in [5, 5.41) is 0.455. The van der Waals surface area contributed by atoms with Crippen LogP contribution in [0.4, 0.5) is 0 Å². The molecule has 0 bridgehead atoms. The lowest BCUT2D eigenvalue weighted by Gasteiger charge is -2.08. The smallest absolute Gasteiger partial charge is 0.326 e. The van der Waals surface area contributed by atoms with Crippen molar-refractivity contribution in [3.05, 3.63) is 75.7 Å². The molecule has 142 valence electrons. The van der Waals surface area contributed by atoms with E-state index in [-0.39, 0.29) is 24.4 Å². The topological polar surface area (TPSA) is 99.0 Å². The second-order valence-corrected chi connectivity index (χ2v) is 6.37. The summed E-state index contributed by atoms with van der Waals surface area (Å²) < 4.78 is 8.05. The quantitative estimate of drug-likeness (QED) is 0.406. The van der Waals surface area contributed by atoms with Gasteiger partial charge in [-0.05, 0) is 30.7 Å². The van der Waals surface area contributed by atoms with Gasteiger partial charge in [0.15, 0.2) is 0 Å². The number of nitrogens with zero attached hydrogens (tertiary/aromatic N) is 3. The number of aryl methyl sites for hydroxylation is 1. The molecule has 0 atom stereocenters. The molecule has 0 radical (unpaired) electrons. The fourth-order valence-corrected chi connectivity index (χ4v) is 3.14. The van der Waals surface area contributed by atoms with Crippen molar-refractivity contribution in [2.75, 3.05) is 6.61 Å². The molecule has 0 aliphatic rings. The third kappa shape index (κ3) is 3.44. The van der Waals surface area contributed by atoms with E-state index in [0.29, 0.717) is 23.9 Å². The van der Waals surface area contributed by atoms with E-state index >= 15 is 0 Å². The van der Waals surface area contributed by atoms with Crippen LogP contribution in [0.1, 0.15) is 6.42 Å². The van der Waals surface area contributed by atoms with Crippen LogP contribution in [0.3, 0.4) is 0 Å². The molecule has 0 saturated heterocycles. The van der Waals surface area contributed by atoms with Gasteiger partial charge in [-0.25, -0.2) is 9.78 Å². The number of hydrogen-bond acceptors (Lipinski definition) is 5. The van der Waals surface area contributed by atoms with Gasteiger partial charge in [0.2, 0.25) is 0 Å². The van der Waals surface area contributed by atoms with Gasteiger partial charge in [-0.15, -0.1) is 0 Å². The zero-order chi connectivity index (χ0) is 19.5. The van der Waals surface area contributed by atoms with Crippen molar-refractivity contribution in [2.24, 2.45) is 0 Å². The van der Waals surface area contributed by atoms with Gasteiger partial charge in [-0.2, -0.15) is 0 Å². The summed E-state index contributed by atoms with van der Waals surface area (Å²) >= 11 is 0. The van der Waals surface area contributed by atoms with Crippen LogP contribution in [0.2, 0.25) is 0 Å². The molecular weight excluding hydrogens is 360 g/mol. The number of H-pyrrole nitrogens is 1. The number of fused-ring (bicyclic) bond motifs is 2. The van der Waals surface area contributed by atoms with Gasteiger partial charge in [-0.1, -0.05) is 24.3 Å². The molecule has 0 amide bonds. The van der Waals surface area contributed by atoms with Gasteiger partial charge in [0.1, 0.15) is 6.54 Å². The number of aromatic amines is 1. The third-order valence-electron chi connectivity index (χ3n) is 4.50. The Balaban J connectivity index is 1.35. The Labute approximate surface area is 159 Å². The fraction of sp³-hybridized carbons (Fsp3) is 0.200. The summed E-state index contributed by atoms with van der Waals surface area (Å²) in [6, 6.07) is 14.4. The van der Waals surface area contributed by atoms with Crippen molar-refractivity contribution >= 4 is 27.9 Å². The van der Waals surface area contributed by atoms with Gasteiger partial charge >= 0.3 is 11.7 Å². The number of carbonyl (C=O) groups excluding carboxylic acids is 1. The summed E-state index contributed by atoms with van der Waals surface area (Å²) in [4.78, 5) is 43.4. The monoisotopic (exact) mass is 378 g/mol. The molecular formula is C20H18N4O4. The van der Waals surface area contributed by atoms with Gasteiger partial charge in [0.05, 0.1) is 34.9 Å². The van der Waals surface area contributed by atoms with E-state index in [2.05, 4.69) is 9.97 Å². The molecule has 0 unspecified atom stereocenters. The van der Waals surface area contributed by atoms with Crippen molar-refractivity contribution in [3.63, 3.8) is 0 Å². The molecule has 2 heterocycles. The molecule has 0 aliphatic heterocycles. The second-order valence-electron chi connectivity index (χ2n) is 6.37. The van der Waals surface area contributed by atoms with Crippen LogP contribution in [0.5, 0.6) is 0 Å². The first kappa shape index (κ1) is 17.7. The molecule has 1 N–H and O–H groups in total. The van der Waals surface area contributed by atoms with Crippen molar-refractivity contribution in [3.8, 4) is 0 Å². The summed E-state index contributed by atoms with van der Waals surface area (Å²) in [6.45, 7) is 0.373. The molecule has 2 aromatic carbocycles. The van der Waals surface area contributed by atoms with E-state index in [9.17, 15) is 14.4 Å². The van der Waals surface area contributed by atoms with Crippen LogP contribution in [-0.4, -0.2) is 31.7 Å². The number of benzene rings is 2. The highest BCUT2D eigenvalue weighted by Gasteiger charge is 2.10. The summed E-state index contributed by atoms with van der Waals surface area (Å²) in [7, 11) is 0. The number of para-hydroxylation sites is 3. The SMILES string of the molecule is O=C(Cn1cnc2ccccc2c1=O)OCCCn1c(=O)[nH]c2ccccc21. The Morgan fingerprint density at radius 2 is 1.86 bits per heavy atom. The number of aromatic nitrogens is 4. The van der Waals surface area contributed by atoms with E-state index in [0.717, 1.165) is 11.0 Å². The van der Waals surface area contributed by atoms with Gasteiger partial charge in [-0.3, -0.25) is 18.7 Å². The first-order valence-corrected chi connectivity index (χ1v) is 8.91. The number of imidazole rings is 1. The largest absolute Gasteiger partial charge is 0.464 e. The maximum atomic E-state index is 12.4. The van der Waals surface area contributed by atoms with Crippen molar-refractivity contribution in [1.82, 2.24) is 19.1 Å². The molecule has 28 heavy (non-hydrogen) atoms. The summed E-state index contributed by atoms with van der Waals surface area (Å²) in [5.74, 6) is -0.523. The molecule has 0 fully saturated rings. The van der Waals surface area contributed by atoms with Crippen molar-refractivity contribution < 1.29 is 9.53 Å². The van der Waals surface area contributed by atoms with Crippen molar-refractivity contribution in [2.45, 2.75) is 19.5 Å². The predicted octanol–water partition coefficient (Wildman–Crippen LogP) is 1.67. The maximum Gasteiger partial charge on any atom is 0.326 e. The minimum absolute atomic E-state index is 0.153. The fourth-order valence-electron chi connectivity index (χ4n) is 3.14. The summed E-state index contributed by atoms with van der Waals surface area (Å²) in [5.41, 5.74) is 1.69. The summed E-state index contributed by atoms with van der Waals surface area (Å²) in [6.07, 6.45) is 1.83. The number of rotatable bonds is 6. The molecule has 8 nitrogen and oxygen atoms in total. The van der Waals surface area contributed by atoms with E-state index in [4.69, 9.17) is 4.74 Å². The first-order chi connectivity index (χ1) is 13.6. The lowest BCUT2D eigenvalue weighted by atomic mass is 10.2. The Hall–Kier alpha value is -3.68. The standard InChI is InChI=1S/C20H18N4O4/c25-18(12-23-13-21-15-7-2-1-6-14(15)19(23)26)28-11-5-10-24-17-9-4-3-8-16(17)22-20(24)27/h1-4,6-9,13H,5,10-12H2,(H,22,27). The minimum atomic E-state index is -0.523. The molecule has 8 heteroatoms. The minimum Gasteiger partial charge on any atom is -0.464 e. The van der Waals surface area contributed by atoms with Gasteiger partial charge in [0.25, 0.3) is 5.56 Å². The molecule has 0 saturated carbocycles. The molecule has 0 aliphatic carbocycles. The first-order valence-electron chi connectivity index (χ1n) is 8.91. The van der Waals surface area contributed by atoms with Crippen molar-refractivity contribution in [1.29, 1.82) is 0 Å². The number of carbonyl (C=O) groups is 1. The Kier molecular flexibility index (Phi) is 4.76. The maximum absolute atomic E-state index is 12.4. The lowest BCUT2D eigenvalue weighted by molar-refractivity contribution is -0.144. The van der Waals surface area contributed by atoms with Crippen LogP contribution < -0.4 is 11.2 Å². The molecule has 0 spiro atoms. The van der Waals surface area contributed by atoms with Gasteiger partial charge < -0.3 is 9.72 Å². The van der Waals surface area contributed by atoms with E-state index < -0.39 is 5.97 Å². The van der Waals surface area contributed by atoms with Crippen LogP contribution >= 0.6 is 0 Å². The highest BCUT2D eigenvalue weighted by Crippen LogP contribution is 2.09. The third-order valence-corrected chi connectivity index (χ3v) is 4.50. The van der Waals surface area contributed by atoms with Gasteiger partial charge in [0, 0.05) is 6.54 Å².